The summed E-state index contributed by atoms with van der Waals surface area (Å²) in [7, 11) is 0. The fourth-order valence-corrected chi connectivity index (χ4v) is 3.37. The van der Waals surface area contributed by atoms with Gasteiger partial charge in [0.15, 0.2) is 0 Å². The summed E-state index contributed by atoms with van der Waals surface area (Å²) in [4.78, 5) is 0.757. The molecule has 0 saturated heterocycles. The summed E-state index contributed by atoms with van der Waals surface area (Å²) in [6, 6.07) is 3.25. The van der Waals surface area contributed by atoms with Crippen molar-refractivity contribution < 1.29 is 17.9 Å². The largest absolute Gasteiger partial charge is 0.476 e. The molecule has 0 aromatic heterocycles. The molecule has 6 heteroatoms. The third-order valence-electron chi connectivity index (χ3n) is 3.04. The lowest BCUT2D eigenvalue weighted by atomic mass is 10.1. The van der Waals surface area contributed by atoms with E-state index in [9.17, 15) is 13.2 Å². The zero-order valence-electron chi connectivity index (χ0n) is 11.7. The highest BCUT2D eigenvalue weighted by Crippen LogP contribution is 2.39. The monoisotopic (exact) mass is 336 g/mol. The fourth-order valence-electron chi connectivity index (χ4n) is 1.84. The van der Waals surface area contributed by atoms with Crippen LogP contribution in [0.2, 0.25) is 5.02 Å². The zero-order chi connectivity index (χ0) is 15.6. The Morgan fingerprint density at radius 2 is 2.05 bits per heavy atom. The quantitative estimate of drug-likeness (QED) is 0.641. The van der Waals surface area contributed by atoms with Gasteiger partial charge in [-0.2, -0.15) is 13.2 Å². The molecule has 116 valence electrons. The number of rotatable bonds is 4. The van der Waals surface area contributed by atoms with Gasteiger partial charge in [-0.15, -0.1) is 11.8 Å². The number of halogens is 4. The summed E-state index contributed by atoms with van der Waals surface area (Å²) in [6.45, 7) is 4.24. The first-order chi connectivity index (χ1) is 9.77. The summed E-state index contributed by atoms with van der Waals surface area (Å²) < 4.78 is 43.1. The van der Waals surface area contributed by atoms with Gasteiger partial charge in [0.05, 0.1) is 5.02 Å². The molecule has 1 aromatic carbocycles. The Bertz CT molecular complexity index is 540. The predicted molar refractivity (Wildman–Crippen MR) is 81.1 cm³/mol. The smallest absolute Gasteiger partial charge is 0.429 e. The van der Waals surface area contributed by atoms with Crippen LogP contribution in [0.4, 0.5) is 13.2 Å². The molecule has 0 amide bonds. The molecule has 0 aliphatic carbocycles. The topological polar surface area (TPSA) is 9.23 Å². The van der Waals surface area contributed by atoms with E-state index in [1.165, 1.54) is 17.8 Å². The van der Waals surface area contributed by atoms with Crippen molar-refractivity contribution in [3.63, 3.8) is 0 Å². The Hall–Kier alpha value is -0.810. The molecule has 0 bridgehead atoms. The van der Waals surface area contributed by atoms with Gasteiger partial charge < -0.3 is 4.74 Å². The van der Waals surface area contributed by atoms with Crippen molar-refractivity contribution in [2.45, 2.75) is 37.4 Å². The van der Waals surface area contributed by atoms with Crippen molar-refractivity contribution >= 4 is 29.4 Å². The van der Waals surface area contributed by atoms with Crippen molar-refractivity contribution in [3.8, 4) is 5.75 Å². The third-order valence-corrected chi connectivity index (χ3v) is 4.56. The van der Waals surface area contributed by atoms with Crippen LogP contribution in [0.15, 0.2) is 23.1 Å². The summed E-state index contributed by atoms with van der Waals surface area (Å²) in [6.07, 6.45) is -2.86. The molecule has 0 radical (unpaired) electrons. The second-order valence-electron chi connectivity index (χ2n) is 5.29. The van der Waals surface area contributed by atoms with E-state index < -0.39 is 12.3 Å². The van der Waals surface area contributed by atoms with E-state index in [0.717, 1.165) is 23.1 Å². The molecule has 1 heterocycles. The molecule has 0 N–H and O–H groups in total. The molecule has 1 aromatic rings. The highest BCUT2D eigenvalue weighted by Gasteiger charge is 2.41. The summed E-state index contributed by atoms with van der Waals surface area (Å²) in [5.41, 5.74) is 0.578. The Kier molecular flexibility index (Phi) is 5.15. The molecular weight excluding hydrogens is 321 g/mol. The van der Waals surface area contributed by atoms with Gasteiger partial charge in [-0.3, -0.25) is 0 Å². The maximum Gasteiger partial charge on any atom is 0.429 e. The van der Waals surface area contributed by atoms with Crippen molar-refractivity contribution in [2.75, 3.05) is 5.75 Å². The van der Waals surface area contributed by atoms with Gasteiger partial charge in [0.2, 0.25) is 6.10 Å². The lowest BCUT2D eigenvalue weighted by Crippen LogP contribution is -2.33. The molecule has 0 saturated carbocycles. The third kappa shape index (κ3) is 4.33. The Labute approximate surface area is 131 Å². The minimum absolute atomic E-state index is 0.233. The standard InChI is InChI=1S/C15H16ClF3OS/c1-9(2)5-6-21-13-8-12-10(7-11(13)16)3-4-14(20-12)15(17,18)19/h3-4,7-9,14H,5-6H2,1-2H3. The molecule has 1 aliphatic rings. The van der Waals surface area contributed by atoms with Crippen LogP contribution in [0.3, 0.4) is 0 Å². The van der Waals surface area contributed by atoms with Gasteiger partial charge >= 0.3 is 6.18 Å². The molecule has 0 fully saturated rings. The Morgan fingerprint density at radius 1 is 1.33 bits per heavy atom. The van der Waals surface area contributed by atoms with Gasteiger partial charge in [0.25, 0.3) is 0 Å². The second-order valence-corrected chi connectivity index (χ2v) is 6.83. The van der Waals surface area contributed by atoms with Crippen LogP contribution in [-0.4, -0.2) is 18.0 Å². The summed E-state index contributed by atoms with van der Waals surface area (Å²) in [5.74, 6) is 1.67. The average molecular weight is 337 g/mol. The number of ether oxygens (including phenoxy) is 1. The predicted octanol–water partition coefficient (Wildman–Crippen LogP) is 5.81. The highest BCUT2D eigenvalue weighted by molar-refractivity contribution is 7.99. The first kappa shape index (κ1) is 16.6. The molecule has 1 unspecified atom stereocenters. The van der Waals surface area contributed by atoms with Gasteiger partial charge in [-0.1, -0.05) is 31.5 Å². The summed E-state index contributed by atoms with van der Waals surface area (Å²) >= 11 is 7.71. The molecule has 1 nitrogen and oxygen atoms in total. The van der Waals surface area contributed by atoms with Crippen LogP contribution in [-0.2, 0) is 0 Å². The minimum atomic E-state index is -4.40. The minimum Gasteiger partial charge on any atom is -0.476 e. The van der Waals surface area contributed by atoms with Gasteiger partial charge in [0.1, 0.15) is 5.75 Å². The van der Waals surface area contributed by atoms with E-state index in [-0.39, 0.29) is 5.75 Å². The van der Waals surface area contributed by atoms with Crippen LogP contribution in [0.1, 0.15) is 25.8 Å². The molecule has 21 heavy (non-hydrogen) atoms. The maximum atomic E-state index is 12.7. The number of fused-ring (bicyclic) bond motifs is 1. The van der Waals surface area contributed by atoms with Crippen molar-refractivity contribution in [1.29, 1.82) is 0 Å². The van der Waals surface area contributed by atoms with E-state index in [2.05, 4.69) is 13.8 Å². The van der Waals surface area contributed by atoms with Crippen LogP contribution in [0.25, 0.3) is 6.08 Å². The maximum absolute atomic E-state index is 12.7. The summed E-state index contributed by atoms with van der Waals surface area (Å²) in [5, 5.41) is 0.543. The number of benzene rings is 1. The zero-order valence-corrected chi connectivity index (χ0v) is 13.3. The number of hydrogen-bond donors (Lipinski definition) is 0. The van der Waals surface area contributed by atoms with Crippen LogP contribution >= 0.6 is 23.4 Å². The normalized spacial score (nSPS) is 17.8. The van der Waals surface area contributed by atoms with Crippen molar-refractivity contribution in [1.82, 2.24) is 0 Å². The number of thioether (sulfide) groups is 1. The van der Waals surface area contributed by atoms with Crippen LogP contribution in [0.5, 0.6) is 5.75 Å². The van der Waals surface area contributed by atoms with Crippen LogP contribution < -0.4 is 4.74 Å². The van der Waals surface area contributed by atoms with Crippen LogP contribution in [0, 0.1) is 5.92 Å². The van der Waals surface area contributed by atoms with E-state index >= 15 is 0 Å². The lowest BCUT2D eigenvalue weighted by Gasteiger charge is -2.24. The Balaban J connectivity index is 2.16. The fraction of sp³-hybridized carbons (Fsp3) is 0.467. The first-order valence-corrected chi connectivity index (χ1v) is 8.01. The van der Waals surface area contributed by atoms with Gasteiger partial charge in [0, 0.05) is 10.5 Å². The van der Waals surface area contributed by atoms with Gasteiger partial charge in [-0.25, -0.2) is 0 Å². The van der Waals surface area contributed by atoms with Crippen molar-refractivity contribution in [3.05, 3.63) is 28.8 Å². The molecule has 2 rings (SSSR count). The number of alkyl halides is 3. The number of hydrogen-bond acceptors (Lipinski definition) is 2. The second kappa shape index (κ2) is 6.53. The molecule has 1 aliphatic heterocycles. The first-order valence-electron chi connectivity index (χ1n) is 6.65. The van der Waals surface area contributed by atoms with E-state index in [1.807, 2.05) is 0 Å². The van der Waals surface area contributed by atoms with E-state index in [1.54, 1.807) is 12.1 Å². The SMILES string of the molecule is CC(C)CCSc1cc2c(cc1Cl)C=CC(C(F)(F)F)O2. The highest BCUT2D eigenvalue weighted by atomic mass is 35.5. The molecule has 0 spiro atoms. The average Bonchev–Trinajstić information content (AvgIpc) is 2.37. The lowest BCUT2D eigenvalue weighted by molar-refractivity contribution is -0.180. The Morgan fingerprint density at radius 3 is 2.67 bits per heavy atom. The van der Waals surface area contributed by atoms with Crippen molar-refractivity contribution in [2.24, 2.45) is 5.92 Å². The van der Waals surface area contributed by atoms with E-state index in [0.29, 0.717) is 16.5 Å². The van der Waals surface area contributed by atoms with E-state index in [4.69, 9.17) is 16.3 Å². The molecule has 1 atom stereocenters. The van der Waals surface area contributed by atoms with Gasteiger partial charge in [-0.05, 0) is 36.3 Å². The molecular formula is C15H16ClF3OS.